The molecule has 1 heterocycles. The maximum atomic E-state index is 11.9. The molecule has 92 valence electrons. The van der Waals surface area contributed by atoms with Gasteiger partial charge in [-0.15, -0.1) is 0 Å². The number of carbonyl (C=O) groups excluding carboxylic acids is 1. The van der Waals surface area contributed by atoms with Crippen LogP contribution >= 0.6 is 38.5 Å². The van der Waals surface area contributed by atoms with E-state index in [0.29, 0.717) is 11.3 Å². The quantitative estimate of drug-likeness (QED) is 0.736. The Kier molecular flexibility index (Phi) is 4.18. The number of rotatable bonds is 2. The van der Waals surface area contributed by atoms with Crippen molar-refractivity contribution in [2.24, 2.45) is 0 Å². The van der Waals surface area contributed by atoms with E-state index in [4.69, 9.17) is 0 Å². The van der Waals surface area contributed by atoms with Crippen molar-refractivity contribution in [2.75, 3.05) is 5.32 Å². The second kappa shape index (κ2) is 5.66. The Morgan fingerprint density at radius 3 is 2.72 bits per heavy atom. The van der Waals surface area contributed by atoms with Crippen LogP contribution in [0.2, 0.25) is 0 Å². The topological polar surface area (TPSA) is 62.0 Å². The number of pyridine rings is 1. The first-order valence-corrected chi connectivity index (χ1v) is 6.88. The molecule has 0 saturated carbocycles. The summed E-state index contributed by atoms with van der Waals surface area (Å²) >= 11 is 5.54. The number of amides is 1. The fourth-order valence-electron chi connectivity index (χ4n) is 1.34. The van der Waals surface area contributed by atoms with Crippen molar-refractivity contribution in [3.05, 3.63) is 60.5 Å². The molecule has 0 saturated heterocycles. The minimum atomic E-state index is -0.269. The van der Waals surface area contributed by atoms with Gasteiger partial charge in [0.15, 0.2) is 0 Å². The largest absolute Gasteiger partial charge is 0.328 e. The summed E-state index contributed by atoms with van der Waals surface area (Å²) in [5.41, 5.74) is 0.862. The lowest BCUT2D eigenvalue weighted by Gasteiger charge is -2.07. The molecular formula is C12H8BrIN2O2. The molecule has 1 aromatic carbocycles. The van der Waals surface area contributed by atoms with Crippen LogP contribution in [0.25, 0.3) is 0 Å². The highest BCUT2D eigenvalue weighted by Crippen LogP contribution is 2.24. The van der Waals surface area contributed by atoms with E-state index >= 15 is 0 Å². The summed E-state index contributed by atoms with van der Waals surface area (Å²) in [5.74, 6) is -0.269. The lowest BCUT2D eigenvalue weighted by molar-refractivity contribution is 0.102. The van der Waals surface area contributed by atoms with Crippen LogP contribution in [0.5, 0.6) is 0 Å². The minimum absolute atomic E-state index is 0.234. The zero-order valence-electron chi connectivity index (χ0n) is 9.04. The third-order valence-corrected chi connectivity index (χ3v) is 3.59. The first-order valence-electron chi connectivity index (χ1n) is 5.01. The maximum absolute atomic E-state index is 11.9. The summed E-state index contributed by atoms with van der Waals surface area (Å²) in [6.07, 6.45) is 1.39. The van der Waals surface area contributed by atoms with Gasteiger partial charge in [0.05, 0.1) is 11.3 Å². The Bertz CT molecular complexity index is 634. The molecule has 1 amide bonds. The number of anilines is 1. The van der Waals surface area contributed by atoms with Crippen molar-refractivity contribution in [1.82, 2.24) is 4.98 Å². The molecule has 6 heteroatoms. The molecule has 2 aromatic rings. The monoisotopic (exact) mass is 418 g/mol. The van der Waals surface area contributed by atoms with Crippen LogP contribution in [-0.2, 0) is 0 Å². The van der Waals surface area contributed by atoms with Gasteiger partial charge in [-0.05, 0) is 62.8 Å². The Balaban J connectivity index is 2.23. The third kappa shape index (κ3) is 3.20. The minimum Gasteiger partial charge on any atom is -0.328 e. The van der Waals surface area contributed by atoms with E-state index in [2.05, 4.69) is 48.8 Å². The molecule has 0 atom stereocenters. The fourth-order valence-corrected chi connectivity index (χ4v) is 2.18. The number of benzene rings is 1. The average molecular weight is 419 g/mol. The zero-order valence-corrected chi connectivity index (χ0v) is 12.8. The number of halogens is 2. The van der Waals surface area contributed by atoms with Crippen molar-refractivity contribution >= 4 is 50.1 Å². The van der Waals surface area contributed by atoms with Crippen molar-refractivity contribution in [3.8, 4) is 0 Å². The van der Waals surface area contributed by atoms with Crippen molar-refractivity contribution in [1.29, 1.82) is 0 Å². The second-order valence-corrected chi connectivity index (χ2v) is 5.62. The van der Waals surface area contributed by atoms with Crippen LogP contribution < -0.4 is 10.9 Å². The van der Waals surface area contributed by atoms with Gasteiger partial charge < -0.3 is 10.3 Å². The van der Waals surface area contributed by atoms with Gasteiger partial charge >= 0.3 is 0 Å². The maximum Gasteiger partial charge on any atom is 0.257 e. The number of hydrogen-bond acceptors (Lipinski definition) is 2. The first kappa shape index (κ1) is 13.3. The van der Waals surface area contributed by atoms with E-state index in [-0.39, 0.29) is 11.5 Å². The summed E-state index contributed by atoms with van der Waals surface area (Å²) in [6, 6.07) is 8.45. The van der Waals surface area contributed by atoms with Gasteiger partial charge in [-0.2, -0.15) is 0 Å². The Hall–Kier alpha value is -1.15. The molecule has 0 unspecified atom stereocenters. The van der Waals surface area contributed by atoms with Crippen LogP contribution in [0.3, 0.4) is 0 Å². The number of aromatic amines is 1. The summed E-state index contributed by atoms with van der Waals surface area (Å²) < 4.78 is 1.83. The van der Waals surface area contributed by atoms with E-state index in [9.17, 15) is 9.59 Å². The molecule has 2 N–H and O–H groups in total. The number of aromatic nitrogens is 1. The summed E-state index contributed by atoms with van der Waals surface area (Å²) in [6.45, 7) is 0. The molecule has 0 bridgehead atoms. The molecule has 2 rings (SSSR count). The predicted molar refractivity (Wildman–Crippen MR) is 81.9 cm³/mol. The molecule has 0 aliphatic rings. The molecule has 0 fully saturated rings. The Morgan fingerprint density at radius 1 is 1.28 bits per heavy atom. The van der Waals surface area contributed by atoms with Crippen LogP contribution in [-0.4, -0.2) is 10.9 Å². The van der Waals surface area contributed by atoms with Gasteiger partial charge in [0.1, 0.15) is 0 Å². The van der Waals surface area contributed by atoms with Gasteiger partial charge in [0.2, 0.25) is 5.56 Å². The van der Waals surface area contributed by atoms with Crippen LogP contribution in [0.4, 0.5) is 5.69 Å². The predicted octanol–water partition coefficient (Wildman–Crippen LogP) is 2.99. The number of carbonyl (C=O) groups is 1. The lowest BCUT2D eigenvalue weighted by Crippen LogP contribution is -2.14. The summed E-state index contributed by atoms with van der Waals surface area (Å²) in [4.78, 5) is 25.3. The molecule has 18 heavy (non-hydrogen) atoms. The summed E-state index contributed by atoms with van der Waals surface area (Å²) in [7, 11) is 0. The normalized spacial score (nSPS) is 10.1. The van der Waals surface area contributed by atoms with E-state index in [1.54, 1.807) is 0 Å². The molecule has 0 aliphatic carbocycles. The molecule has 1 aromatic heterocycles. The smallest absolute Gasteiger partial charge is 0.257 e. The van der Waals surface area contributed by atoms with Crippen molar-refractivity contribution in [3.63, 3.8) is 0 Å². The van der Waals surface area contributed by atoms with Crippen molar-refractivity contribution < 1.29 is 4.79 Å². The average Bonchev–Trinajstić information content (AvgIpc) is 2.34. The SMILES string of the molecule is O=C(Nc1cc(I)ccc1Br)c1ccc(=O)[nH]c1. The van der Waals surface area contributed by atoms with Crippen LogP contribution in [0.1, 0.15) is 10.4 Å². The molecule has 0 spiro atoms. The van der Waals surface area contributed by atoms with Gasteiger partial charge in [-0.1, -0.05) is 0 Å². The molecule has 4 nitrogen and oxygen atoms in total. The van der Waals surface area contributed by atoms with Gasteiger partial charge in [-0.25, -0.2) is 0 Å². The zero-order chi connectivity index (χ0) is 13.1. The Labute approximate surface area is 125 Å². The first-order chi connectivity index (χ1) is 8.56. The summed E-state index contributed by atoms with van der Waals surface area (Å²) in [5, 5.41) is 2.77. The van der Waals surface area contributed by atoms with Crippen molar-refractivity contribution in [2.45, 2.75) is 0 Å². The highest BCUT2D eigenvalue weighted by atomic mass is 127. The Morgan fingerprint density at radius 2 is 2.06 bits per heavy atom. The highest BCUT2D eigenvalue weighted by molar-refractivity contribution is 14.1. The molecule has 0 radical (unpaired) electrons. The van der Waals surface area contributed by atoms with E-state index in [1.807, 2.05) is 18.2 Å². The van der Waals surface area contributed by atoms with E-state index < -0.39 is 0 Å². The van der Waals surface area contributed by atoms with Crippen LogP contribution in [0, 0.1) is 3.57 Å². The number of hydrogen-bond donors (Lipinski definition) is 2. The lowest BCUT2D eigenvalue weighted by atomic mass is 10.2. The highest BCUT2D eigenvalue weighted by Gasteiger charge is 2.08. The van der Waals surface area contributed by atoms with E-state index in [0.717, 1.165) is 8.04 Å². The fraction of sp³-hybridized carbons (Fsp3) is 0. The molecular weight excluding hydrogens is 411 g/mol. The standard InChI is InChI=1S/C12H8BrIN2O2/c13-9-3-2-8(14)5-10(9)16-12(18)7-1-4-11(17)15-6-7/h1-6H,(H,15,17)(H,16,18). The van der Waals surface area contributed by atoms with E-state index in [1.165, 1.54) is 18.3 Å². The third-order valence-electron chi connectivity index (χ3n) is 2.22. The van der Waals surface area contributed by atoms with Gasteiger partial charge in [-0.3, -0.25) is 9.59 Å². The van der Waals surface area contributed by atoms with Crippen LogP contribution in [0.15, 0.2) is 45.8 Å². The number of nitrogens with one attached hydrogen (secondary N) is 2. The second-order valence-electron chi connectivity index (χ2n) is 3.52. The number of H-pyrrole nitrogens is 1. The molecule has 0 aliphatic heterocycles. The van der Waals surface area contributed by atoms with Gasteiger partial charge in [0.25, 0.3) is 5.91 Å². The van der Waals surface area contributed by atoms with Gasteiger partial charge in [0, 0.05) is 20.3 Å².